The molecule has 0 saturated heterocycles. The van der Waals surface area contributed by atoms with Crippen LogP contribution < -0.4 is 11.4 Å². The van der Waals surface area contributed by atoms with Crippen LogP contribution in [0.2, 0.25) is 0 Å². The molecule has 110 valence electrons. The molecular formula is C17H15N3O2. The van der Waals surface area contributed by atoms with Gasteiger partial charge in [-0.2, -0.15) is 0 Å². The summed E-state index contributed by atoms with van der Waals surface area (Å²) < 4.78 is 4.91. The molecular weight excluding hydrogens is 278 g/mol. The zero-order chi connectivity index (χ0) is 14.5. The molecule has 8 rings (SSSR count). The standard InChI is InChI=1S/C17H15N3O2/c1-18-15(21)19-13-8-10-9(13)12-14(20(19)16(18)22)11(8)17(10,12)7-5-3-2-4-6-7/h2-6,8-14H,1H3/t8-,9+,10?,11-,12-,13?,14?,17?/m0/s1. The Morgan fingerprint density at radius 2 is 1.45 bits per heavy atom. The summed E-state index contributed by atoms with van der Waals surface area (Å²) in [4.78, 5) is 24.8. The third kappa shape index (κ3) is 0.638. The smallest absolute Gasteiger partial charge is 0.246 e. The third-order valence-electron chi connectivity index (χ3n) is 7.87. The SMILES string of the molecule is Cn1c(=O)n2n(c1=O)C1[C@@H]3[C@@H]4C2[C@H]2C4C3(c3ccccc3)[C@H]12. The number of aromatic nitrogens is 3. The van der Waals surface area contributed by atoms with E-state index >= 15 is 0 Å². The Balaban J connectivity index is 1.49. The number of benzene rings is 1. The summed E-state index contributed by atoms with van der Waals surface area (Å²) in [5, 5.41) is 0. The highest BCUT2D eigenvalue weighted by atomic mass is 16.2. The lowest BCUT2D eigenvalue weighted by molar-refractivity contribution is -0.470. The van der Waals surface area contributed by atoms with E-state index in [-0.39, 0.29) is 17.4 Å². The number of nitrogens with zero attached hydrogens (tertiary/aromatic N) is 3. The second-order valence-corrected chi connectivity index (χ2v) is 7.83. The molecule has 0 amide bonds. The maximum Gasteiger partial charge on any atom is 0.347 e. The summed E-state index contributed by atoms with van der Waals surface area (Å²) in [5.41, 5.74) is 1.58. The molecule has 4 unspecified atom stereocenters. The van der Waals surface area contributed by atoms with Crippen LogP contribution in [0.15, 0.2) is 39.9 Å². The van der Waals surface area contributed by atoms with Crippen LogP contribution >= 0.6 is 0 Å². The van der Waals surface area contributed by atoms with E-state index in [1.54, 1.807) is 11.7 Å². The zero-order valence-corrected chi connectivity index (χ0v) is 12.1. The molecule has 2 aromatic rings. The van der Waals surface area contributed by atoms with Crippen molar-refractivity contribution in [2.24, 2.45) is 36.6 Å². The minimum Gasteiger partial charge on any atom is -0.246 e. The molecule has 4 aliphatic carbocycles. The maximum atomic E-state index is 12.5. The molecule has 22 heavy (non-hydrogen) atoms. The van der Waals surface area contributed by atoms with Gasteiger partial charge in [0.25, 0.3) is 0 Å². The Morgan fingerprint density at radius 1 is 0.864 bits per heavy atom. The van der Waals surface area contributed by atoms with E-state index in [0.29, 0.717) is 35.1 Å². The zero-order valence-electron chi connectivity index (χ0n) is 12.1. The van der Waals surface area contributed by atoms with Gasteiger partial charge in [-0.1, -0.05) is 30.3 Å². The first-order valence-electron chi connectivity index (χ1n) is 8.16. The average molecular weight is 293 g/mol. The molecule has 2 bridgehead atoms. The van der Waals surface area contributed by atoms with Gasteiger partial charge in [-0.15, -0.1) is 0 Å². The van der Waals surface area contributed by atoms with Crippen molar-refractivity contribution in [2.75, 3.05) is 0 Å². The van der Waals surface area contributed by atoms with Crippen LogP contribution in [-0.4, -0.2) is 13.9 Å². The van der Waals surface area contributed by atoms with E-state index in [1.807, 2.05) is 4.68 Å². The highest BCUT2D eigenvalue weighted by molar-refractivity contribution is 5.54. The molecule has 2 aliphatic heterocycles. The minimum atomic E-state index is -0.117. The summed E-state index contributed by atoms with van der Waals surface area (Å²) in [7, 11) is 1.61. The van der Waals surface area contributed by atoms with Crippen LogP contribution in [0.25, 0.3) is 0 Å². The van der Waals surface area contributed by atoms with Crippen LogP contribution in [0.5, 0.6) is 0 Å². The number of hydrogen-bond acceptors (Lipinski definition) is 2. The van der Waals surface area contributed by atoms with Gasteiger partial charge in [-0.25, -0.2) is 23.5 Å². The van der Waals surface area contributed by atoms with Crippen molar-refractivity contribution >= 4 is 0 Å². The van der Waals surface area contributed by atoms with Crippen LogP contribution in [-0.2, 0) is 12.5 Å². The molecule has 5 heteroatoms. The predicted octanol–water partition coefficient (Wildman–Crippen LogP) is 0.518. The Morgan fingerprint density at radius 3 is 2.09 bits per heavy atom. The summed E-state index contributed by atoms with van der Waals surface area (Å²) in [6.07, 6.45) is 0. The lowest BCUT2D eigenvalue weighted by atomic mass is 9.09. The van der Waals surface area contributed by atoms with E-state index < -0.39 is 0 Å². The molecule has 1 aromatic heterocycles. The summed E-state index contributed by atoms with van der Waals surface area (Å²) in [6, 6.07) is 11.4. The minimum absolute atomic E-state index is 0.112. The fourth-order valence-electron chi connectivity index (χ4n) is 7.54. The molecule has 4 fully saturated rings. The highest BCUT2D eigenvalue weighted by Crippen LogP contribution is 2.97. The molecule has 0 spiro atoms. The van der Waals surface area contributed by atoms with E-state index in [2.05, 4.69) is 30.3 Å². The van der Waals surface area contributed by atoms with Crippen molar-refractivity contribution in [3.63, 3.8) is 0 Å². The van der Waals surface area contributed by atoms with Gasteiger partial charge >= 0.3 is 11.4 Å². The van der Waals surface area contributed by atoms with Crippen LogP contribution in [0.3, 0.4) is 0 Å². The monoisotopic (exact) mass is 293 g/mol. The Kier molecular flexibility index (Phi) is 1.29. The van der Waals surface area contributed by atoms with Crippen LogP contribution in [0.4, 0.5) is 0 Å². The maximum absolute atomic E-state index is 12.5. The summed E-state index contributed by atoms with van der Waals surface area (Å²) in [5.74, 6) is 3.21. The lowest BCUT2D eigenvalue weighted by Crippen LogP contribution is -2.98. The predicted molar refractivity (Wildman–Crippen MR) is 77.6 cm³/mol. The van der Waals surface area contributed by atoms with Gasteiger partial charge in [-0.05, 0) is 35.2 Å². The van der Waals surface area contributed by atoms with Crippen LogP contribution in [0, 0.1) is 29.6 Å². The number of rotatable bonds is 1. The largest absolute Gasteiger partial charge is 0.347 e. The van der Waals surface area contributed by atoms with Gasteiger partial charge in [0.1, 0.15) is 0 Å². The van der Waals surface area contributed by atoms with E-state index in [9.17, 15) is 9.59 Å². The van der Waals surface area contributed by atoms with Crippen molar-refractivity contribution in [1.82, 2.24) is 13.9 Å². The van der Waals surface area contributed by atoms with Crippen molar-refractivity contribution in [2.45, 2.75) is 17.5 Å². The second-order valence-electron chi connectivity index (χ2n) is 7.83. The number of hydrogen-bond donors (Lipinski definition) is 0. The molecule has 0 radical (unpaired) electrons. The first-order valence-corrected chi connectivity index (χ1v) is 8.16. The van der Waals surface area contributed by atoms with Gasteiger partial charge < -0.3 is 0 Å². The van der Waals surface area contributed by atoms with Crippen molar-refractivity contribution < 1.29 is 0 Å². The Hall–Kier alpha value is -2.04. The highest BCUT2D eigenvalue weighted by Gasteiger charge is 2.97. The fourth-order valence-corrected chi connectivity index (χ4v) is 7.54. The van der Waals surface area contributed by atoms with Gasteiger partial charge in [0.05, 0.1) is 12.1 Å². The van der Waals surface area contributed by atoms with Crippen molar-refractivity contribution in [1.29, 1.82) is 0 Å². The van der Waals surface area contributed by atoms with Gasteiger partial charge in [-0.3, -0.25) is 0 Å². The topological polar surface area (TPSA) is 48.9 Å². The summed E-state index contributed by atoms with van der Waals surface area (Å²) >= 11 is 0. The van der Waals surface area contributed by atoms with E-state index in [1.165, 1.54) is 10.1 Å². The first-order chi connectivity index (χ1) is 10.7. The van der Waals surface area contributed by atoms with Crippen molar-refractivity contribution in [3.05, 3.63) is 56.9 Å². The molecule has 0 N–H and O–H groups in total. The normalized spacial score (nSPS) is 50.1. The molecule has 5 nitrogen and oxygen atoms in total. The van der Waals surface area contributed by atoms with E-state index in [0.717, 1.165) is 5.92 Å². The molecule has 8 atom stereocenters. The van der Waals surface area contributed by atoms with Crippen LogP contribution in [0.1, 0.15) is 17.6 Å². The third-order valence-corrected chi connectivity index (χ3v) is 7.87. The molecule has 6 aliphatic rings. The average Bonchev–Trinajstić information content (AvgIpc) is 2.73. The summed E-state index contributed by atoms with van der Waals surface area (Å²) in [6.45, 7) is 0. The quantitative estimate of drug-likeness (QED) is 0.769. The Bertz CT molecular complexity index is 977. The molecule has 4 saturated carbocycles. The van der Waals surface area contributed by atoms with Crippen molar-refractivity contribution in [3.8, 4) is 0 Å². The van der Waals surface area contributed by atoms with Gasteiger partial charge in [0.2, 0.25) is 0 Å². The molecule has 1 aromatic carbocycles. The first kappa shape index (κ1) is 10.6. The fraction of sp³-hybridized carbons (Fsp3) is 0.529. The Labute approximate surface area is 125 Å². The lowest BCUT2D eigenvalue weighted by Gasteiger charge is -2.97. The van der Waals surface area contributed by atoms with Gasteiger partial charge in [0.15, 0.2) is 0 Å². The second kappa shape index (κ2) is 2.66. The molecule has 3 heterocycles. The van der Waals surface area contributed by atoms with Gasteiger partial charge in [0, 0.05) is 12.5 Å². The van der Waals surface area contributed by atoms with E-state index in [4.69, 9.17) is 0 Å².